The third-order valence-corrected chi connectivity index (χ3v) is 5.63. The van der Waals surface area contributed by atoms with Crippen LogP contribution in [0.25, 0.3) is 11.3 Å². The molecule has 0 fully saturated rings. The van der Waals surface area contributed by atoms with Crippen LogP contribution in [0.3, 0.4) is 0 Å². The molecule has 0 unspecified atom stereocenters. The summed E-state index contributed by atoms with van der Waals surface area (Å²) in [6, 6.07) is 4.75. The molecule has 3 N–H and O–H groups in total. The molecule has 0 spiro atoms. The molecule has 1 aliphatic heterocycles. The quantitative estimate of drug-likeness (QED) is 0.320. The lowest BCUT2D eigenvalue weighted by atomic mass is 10.1. The molecule has 2 aromatic heterocycles. The minimum atomic E-state index is -4.84. The molecule has 0 amide bonds. The van der Waals surface area contributed by atoms with Crippen molar-refractivity contribution in [2.75, 3.05) is 44.1 Å². The Morgan fingerprint density at radius 2 is 2.05 bits per heavy atom. The number of nitrogens with two attached hydrogens (primary N) is 1. The average molecular weight is 530 g/mol. The number of nitrogen functional groups attached to an aromatic ring is 1. The molecule has 38 heavy (non-hydrogen) atoms. The van der Waals surface area contributed by atoms with Gasteiger partial charge < -0.3 is 25.3 Å². The van der Waals surface area contributed by atoms with Crippen LogP contribution in [-0.4, -0.2) is 58.7 Å². The second-order valence-corrected chi connectivity index (χ2v) is 8.12. The minimum absolute atomic E-state index is 0.0411. The highest BCUT2D eigenvalue weighted by molar-refractivity contribution is 6.07. The predicted octanol–water partition coefficient (Wildman–Crippen LogP) is 2.97. The van der Waals surface area contributed by atoms with Crippen molar-refractivity contribution in [3.63, 3.8) is 0 Å². The number of methoxy groups -OCH3 is 1. The number of benzene rings is 1. The number of hydrogen-bond donors (Lipinski definition) is 2. The van der Waals surface area contributed by atoms with Crippen molar-refractivity contribution in [1.82, 2.24) is 24.8 Å². The third kappa shape index (κ3) is 5.79. The lowest BCUT2D eigenvalue weighted by Gasteiger charge is -2.22. The smallest absolute Gasteiger partial charge is 0.383 e. The number of hydrogen-bond acceptors (Lipinski definition) is 9. The summed E-state index contributed by atoms with van der Waals surface area (Å²) in [5, 5.41) is 12.6. The zero-order chi connectivity index (χ0) is 27.3. The fraction of sp³-hybridized carbons (Fsp3) is 0.292. The maximum atomic E-state index is 13.8. The molecule has 14 heteroatoms. The van der Waals surface area contributed by atoms with Gasteiger partial charge in [0.2, 0.25) is 0 Å². The van der Waals surface area contributed by atoms with E-state index in [0.717, 1.165) is 12.1 Å². The van der Waals surface area contributed by atoms with E-state index in [-0.39, 0.29) is 35.1 Å². The van der Waals surface area contributed by atoms with Gasteiger partial charge in [0.1, 0.15) is 42.0 Å². The number of alkyl halides is 3. The molecule has 0 saturated heterocycles. The van der Waals surface area contributed by atoms with Crippen LogP contribution in [0.2, 0.25) is 0 Å². The lowest BCUT2D eigenvalue weighted by Crippen LogP contribution is -2.27. The van der Waals surface area contributed by atoms with Gasteiger partial charge in [0.15, 0.2) is 11.6 Å². The maximum Gasteiger partial charge on any atom is 0.419 e. The standard InChI is InChI=1S/C24H23F4N9O/c1-38-9-6-31-5-8-36-12-20(15-2-3-18(25)17(10-15)24(26,27)28)35-23(36)19-4-7-37(14-34-19)22-16(11-29)21(30)32-13-33-22/h2-4,7,10,12-13,31H,5-6,8-9,14H2,1H3,(H2,30,32,33). The van der Waals surface area contributed by atoms with Gasteiger partial charge in [-0.15, -0.1) is 0 Å². The highest BCUT2D eigenvalue weighted by Gasteiger charge is 2.34. The molecular weight excluding hydrogens is 506 g/mol. The highest BCUT2D eigenvalue weighted by Crippen LogP contribution is 2.34. The fourth-order valence-corrected chi connectivity index (χ4v) is 3.74. The van der Waals surface area contributed by atoms with E-state index in [1.54, 1.807) is 35.0 Å². The molecule has 198 valence electrons. The Hall–Kier alpha value is -4.35. The van der Waals surface area contributed by atoms with Crippen molar-refractivity contribution < 1.29 is 22.3 Å². The van der Waals surface area contributed by atoms with Gasteiger partial charge in [0.25, 0.3) is 0 Å². The van der Waals surface area contributed by atoms with Crippen LogP contribution in [0.5, 0.6) is 0 Å². The summed E-state index contributed by atoms with van der Waals surface area (Å²) >= 11 is 0. The van der Waals surface area contributed by atoms with Gasteiger partial charge >= 0.3 is 6.18 Å². The molecule has 1 aliphatic rings. The molecule has 0 bridgehead atoms. The lowest BCUT2D eigenvalue weighted by molar-refractivity contribution is -0.139. The monoisotopic (exact) mass is 529 g/mol. The average Bonchev–Trinajstić information content (AvgIpc) is 3.32. The molecule has 10 nitrogen and oxygen atoms in total. The van der Waals surface area contributed by atoms with Crippen molar-refractivity contribution in [3.05, 3.63) is 65.8 Å². The Bertz CT molecular complexity index is 1410. The van der Waals surface area contributed by atoms with E-state index in [2.05, 4.69) is 25.3 Å². The Balaban J connectivity index is 1.65. The van der Waals surface area contributed by atoms with Crippen LogP contribution in [0, 0.1) is 17.1 Å². The fourth-order valence-electron chi connectivity index (χ4n) is 3.74. The van der Waals surface area contributed by atoms with Crippen molar-refractivity contribution >= 4 is 17.3 Å². The van der Waals surface area contributed by atoms with Crippen LogP contribution < -0.4 is 16.0 Å². The number of aromatic nitrogens is 4. The van der Waals surface area contributed by atoms with Crippen LogP contribution in [0.4, 0.5) is 29.2 Å². The van der Waals surface area contributed by atoms with Crippen molar-refractivity contribution in [2.24, 2.45) is 4.99 Å². The third-order valence-electron chi connectivity index (χ3n) is 5.63. The Labute approximate surface area is 215 Å². The molecule has 1 aromatic carbocycles. The SMILES string of the molecule is COCCNCCn1cc(-c2ccc(F)c(C(F)(F)F)c2)nc1C1=NCN(c2ncnc(N)c2C#N)C=C1. The molecule has 3 aromatic rings. The van der Waals surface area contributed by atoms with Crippen LogP contribution in [-0.2, 0) is 17.5 Å². The molecule has 0 radical (unpaired) electrons. The minimum Gasteiger partial charge on any atom is -0.383 e. The molecule has 0 saturated carbocycles. The molecule has 0 atom stereocenters. The van der Waals surface area contributed by atoms with Crippen LogP contribution in [0.15, 0.2) is 48.0 Å². The van der Waals surface area contributed by atoms with E-state index < -0.39 is 17.6 Å². The number of ether oxygens (including phenoxy) is 1. The van der Waals surface area contributed by atoms with Crippen LogP contribution in [0.1, 0.15) is 17.0 Å². The van der Waals surface area contributed by atoms with Gasteiger partial charge in [0.05, 0.1) is 17.9 Å². The van der Waals surface area contributed by atoms with Gasteiger partial charge in [-0.1, -0.05) is 0 Å². The molecule has 4 rings (SSSR count). The number of rotatable bonds is 9. The zero-order valence-corrected chi connectivity index (χ0v) is 20.2. The second-order valence-electron chi connectivity index (χ2n) is 8.12. The first-order valence-corrected chi connectivity index (χ1v) is 11.4. The number of nitriles is 1. The van der Waals surface area contributed by atoms with Crippen LogP contribution >= 0.6 is 0 Å². The Morgan fingerprint density at radius 3 is 2.74 bits per heavy atom. The summed E-state index contributed by atoms with van der Waals surface area (Å²) < 4.78 is 60.5. The molecular formula is C24H23F4N9O. The topological polar surface area (TPSA) is 130 Å². The number of nitrogens with zero attached hydrogens (tertiary/aromatic N) is 7. The van der Waals surface area contributed by atoms with E-state index in [0.29, 0.717) is 37.8 Å². The number of aliphatic imine (C=N–C) groups is 1. The van der Waals surface area contributed by atoms with Crippen molar-refractivity contribution in [1.29, 1.82) is 5.26 Å². The first-order chi connectivity index (χ1) is 18.2. The zero-order valence-electron chi connectivity index (χ0n) is 20.2. The maximum absolute atomic E-state index is 13.8. The summed E-state index contributed by atoms with van der Waals surface area (Å²) in [5.74, 6) is -0.620. The summed E-state index contributed by atoms with van der Waals surface area (Å²) in [6.45, 7) is 2.16. The van der Waals surface area contributed by atoms with Gasteiger partial charge in [-0.05, 0) is 24.3 Å². The van der Waals surface area contributed by atoms with Gasteiger partial charge in [-0.2, -0.15) is 18.4 Å². The van der Waals surface area contributed by atoms with Crippen molar-refractivity contribution in [2.45, 2.75) is 12.7 Å². The number of allylic oxidation sites excluding steroid dienone is 1. The molecule has 3 heterocycles. The Kier molecular flexibility index (Phi) is 7.99. The largest absolute Gasteiger partial charge is 0.419 e. The highest BCUT2D eigenvalue weighted by atomic mass is 19.4. The Morgan fingerprint density at radius 1 is 1.24 bits per heavy atom. The first-order valence-electron chi connectivity index (χ1n) is 11.4. The second kappa shape index (κ2) is 11.4. The first kappa shape index (κ1) is 26.7. The number of halogens is 4. The van der Waals surface area contributed by atoms with Gasteiger partial charge in [-0.3, -0.25) is 4.99 Å². The number of anilines is 2. The van der Waals surface area contributed by atoms with E-state index in [1.165, 1.54) is 12.4 Å². The number of imidazole rings is 1. The summed E-state index contributed by atoms with van der Waals surface area (Å²) in [4.78, 5) is 18.6. The van der Waals surface area contributed by atoms with E-state index in [9.17, 15) is 22.8 Å². The predicted molar refractivity (Wildman–Crippen MR) is 132 cm³/mol. The summed E-state index contributed by atoms with van der Waals surface area (Å²) in [6.07, 6.45) is 1.30. The van der Waals surface area contributed by atoms with Crippen molar-refractivity contribution in [3.8, 4) is 17.3 Å². The molecule has 0 aliphatic carbocycles. The summed E-state index contributed by atoms with van der Waals surface area (Å²) in [5.41, 5.74) is 5.33. The van der Waals surface area contributed by atoms with E-state index in [4.69, 9.17) is 10.5 Å². The normalized spacial score (nSPS) is 13.5. The number of nitrogens with one attached hydrogen (secondary N) is 1. The van der Waals surface area contributed by atoms with Gasteiger partial charge in [0, 0.05) is 44.7 Å². The van der Waals surface area contributed by atoms with Gasteiger partial charge in [-0.25, -0.2) is 19.3 Å². The van der Waals surface area contributed by atoms with E-state index in [1.807, 2.05) is 6.07 Å². The summed E-state index contributed by atoms with van der Waals surface area (Å²) in [7, 11) is 1.59. The van der Waals surface area contributed by atoms with E-state index >= 15 is 0 Å².